The van der Waals surface area contributed by atoms with Crippen molar-refractivity contribution in [2.75, 3.05) is 34.0 Å². The lowest BCUT2D eigenvalue weighted by molar-refractivity contribution is -0.138. The zero-order valence-electron chi connectivity index (χ0n) is 36.4. The number of nitrogens with zero attached hydrogens (tertiary/aromatic N) is 4. The smallest absolute Gasteiger partial charge is 0.407 e. The van der Waals surface area contributed by atoms with Gasteiger partial charge in [0.1, 0.15) is 23.7 Å². The molecule has 63 heavy (non-hydrogen) atoms. The summed E-state index contributed by atoms with van der Waals surface area (Å²) in [5.74, 6) is 1.85. The van der Waals surface area contributed by atoms with Crippen molar-refractivity contribution in [2.24, 2.45) is 23.7 Å². The Kier molecular flexibility index (Phi) is 11.7. The van der Waals surface area contributed by atoms with E-state index >= 15 is 0 Å². The zero-order valence-corrected chi connectivity index (χ0v) is 36.4. The van der Waals surface area contributed by atoms with Gasteiger partial charge in [0.15, 0.2) is 0 Å². The Bertz CT molecular complexity index is 2490. The lowest BCUT2D eigenvalue weighted by Crippen LogP contribution is -2.54. The fourth-order valence-electron chi connectivity index (χ4n) is 9.96. The third-order valence-corrected chi connectivity index (χ3v) is 13.5. The number of hydrogen-bond donors (Lipinski definition) is 4. The topological polar surface area (TPSA) is 184 Å². The number of aromatic amines is 2. The molecule has 3 aromatic carbocycles. The highest BCUT2D eigenvalue weighted by atomic mass is 16.5. The van der Waals surface area contributed by atoms with Crippen molar-refractivity contribution >= 4 is 34.8 Å². The molecule has 0 bridgehead atoms. The van der Waals surface area contributed by atoms with Crippen LogP contribution in [0.3, 0.4) is 0 Å². The Hall–Kier alpha value is -6.22. The van der Waals surface area contributed by atoms with E-state index in [-0.39, 0.29) is 47.7 Å². The Morgan fingerprint density at radius 3 is 1.98 bits per heavy atom. The quantitative estimate of drug-likeness (QED) is 0.105. The number of carbonyl (C=O) groups excluding carboxylic acids is 4. The first-order valence-corrected chi connectivity index (χ1v) is 22.1. The number of ether oxygens (including phenoxy) is 3. The number of methoxy groups -OCH3 is 2. The van der Waals surface area contributed by atoms with E-state index in [9.17, 15) is 19.2 Å². The molecule has 4 aliphatic rings. The molecule has 0 radical (unpaired) electrons. The number of hydrogen-bond acceptors (Lipinski definition) is 9. The maximum atomic E-state index is 14.2. The molecule has 15 heteroatoms. The van der Waals surface area contributed by atoms with Crippen LogP contribution < -0.4 is 10.6 Å². The highest BCUT2D eigenvalue weighted by Crippen LogP contribution is 2.53. The van der Waals surface area contributed by atoms with Crippen LogP contribution in [0.5, 0.6) is 0 Å². The van der Waals surface area contributed by atoms with Crippen LogP contribution in [0.4, 0.5) is 9.59 Å². The van der Waals surface area contributed by atoms with Crippen molar-refractivity contribution in [3.05, 3.63) is 84.7 Å². The number of amides is 4. The lowest BCUT2D eigenvalue weighted by Gasteiger charge is -2.35. The molecule has 5 heterocycles. The first-order chi connectivity index (χ1) is 30.5. The molecule has 1 saturated carbocycles. The van der Waals surface area contributed by atoms with E-state index in [4.69, 9.17) is 24.2 Å². The van der Waals surface area contributed by atoms with Crippen LogP contribution in [0, 0.1) is 23.7 Å². The SMILES string of the molecule is COC(=O)N[C@H](C(=O)N1C[C@H](C)C[C@H]1c1ncc(-c2ccc3cc(-c4ccc(-c5cnc([C@@H]6C[C@H]7C[C@H]7N6C(=O)[C@@H](NC(=O)OC)C6CCOCC6)[nH]5)cc4)ccc3c2)[nH]1)C(C)C. The number of nitrogens with one attached hydrogen (secondary N) is 4. The summed E-state index contributed by atoms with van der Waals surface area (Å²) in [5, 5.41) is 7.77. The van der Waals surface area contributed by atoms with Gasteiger partial charge in [-0.15, -0.1) is 0 Å². The number of aromatic nitrogens is 4. The largest absolute Gasteiger partial charge is 0.453 e. The van der Waals surface area contributed by atoms with Crippen molar-refractivity contribution < 1.29 is 33.4 Å². The van der Waals surface area contributed by atoms with E-state index in [0.29, 0.717) is 38.5 Å². The number of imidazole rings is 2. The van der Waals surface area contributed by atoms with Crippen LogP contribution in [-0.2, 0) is 23.8 Å². The predicted molar refractivity (Wildman–Crippen MR) is 236 cm³/mol. The highest BCUT2D eigenvalue weighted by Gasteiger charge is 2.56. The van der Waals surface area contributed by atoms with E-state index in [0.717, 1.165) is 75.3 Å². The average Bonchev–Trinajstić information content (AvgIpc) is 3.79. The summed E-state index contributed by atoms with van der Waals surface area (Å²) in [4.78, 5) is 72.8. The Labute approximate surface area is 366 Å². The highest BCUT2D eigenvalue weighted by molar-refractivity contribution is 5.91. The van der Waals surface area contributed by atoms with Gasteiger partial charge in [-0.25, -0.2) is 19.6 Å². The molecule has 4 fully saturated rings. The van der Waals surface area contributed by atoms with Gasteiger partial charge in [-0.05, 0) is 95.4 Å². The number of alkyl carbamates (subject to hydrolysis) is 2. The summed E-state index contributed by atoms with van der Waals surface area (Å²) >= 11 is 0. The Morgan fingerprint density at radius 1 is 0.730 bits per heavy atom. The molecule has 0 spiro atoms. The molecule has 1 aliphatic carbocycles. The van der Waals surface area contributed by atoms with Crippen molar-refractivity contribution in [1.29, 1.82) is 0 Å². The van der Waals surface area contributed by atoms with Crippen LogP contribution in [-0.4, -0.2) is 106 Å². The van der Waals surface area contributed by atoms with Crippen LogP contribution >= 0.6 is 0 Å². The minimum absolute atomic E-state index is 0.0206. The van der Waals surface area contributed by atoms with Crippen molar-refractivity contribution in [1.82, 2.24) is 40.4 Å². The fourth-order valence-corrected chi connectivity index (χ4v) is 9.96. The first-order valence-electron chi connectivity index (χ1n) is 22.1. The minimum Gasteiger partial charge on any atom is -0.453 e. The molecule has 2 aromatic heterocycles. The van der Waals surface area contributed by atoms with E-state index < -0.39 is 24.3 Å². The third-order valence-electron chi connectivity index (χ3n) is 13.5. The lowest BCUT2D eigenvalue weighted by atomic mass is 9.90. The summed E-state index contributed by atoms with van der Waals surface area (Å²) in [6.07, 6.45) is 6.43. The second-order valence-electron chi connectivity index (χ2n) is 18.0. The summed E-state index contributed by atoms with van der Waals surface area (Å²) in [6.45, 7) is 7.66. The van der Waals surface area contributed by atoms with Gasteiger partial charge < -0.3 is 44.6 Å². The van der Waals surface area contributed by atoms with Gasteiger partial charge in [-0.2, -0.15) is 0 Å². The molecule has 3 aliphatic heterocycles. The zero-order chi connectivity index (χ0) is 43.9. The fraction of sp³-hybridized carbons (Fsp3) is 0.458. The molecular formula is C48H56N8O7. The Balaban J connectivity index is 0.878. The molecule has 15 nitrogen and oxygen atoms in total. The van der Waals surface area contributed by atoms with Crippen LogP contribution in [0.1, 0.15) is 76.6 Å². The van der Waals surface area contributed by atoms with Gasteiger partial charge in [0.05, 0.1) is 50.1 Å². The van der Waals surface area contributed by atoms with Crippen molar-refractivity contribution in [2.45, 2.75) is 83.1 Å². The summed E-state index contributed by atoms with van der Waals surface area (Å²) < 4.78 is 15.3. The van der Waals surface area contributed by atoms with E-state index in [1.54, 1.807) is 0 Å². The summed E-state index contributed by atoms with van der Waals surface area (Å²) in [5.41, 5.74) is 5.91. The predicted octanol–water partition coefficient (Wildman–Crippen LogP) is 7.39. The van der Waals surface area contributed by atoms with Gasteiger partial charge in [0.2, 0.25) is 11.8 Å². The molecule has 5 aromatic rings. The second-order valence-corrected chi connectivity index (χ2v) is 18.0. The number of rotatable bonds is 11. The van der Waals surface area contributed by atoms with E-state index in [2.05, 4.69) is 88.2 Å². The Morgan fingerprint density at radius 2 is 1.32 bits per heavy atom. The average molecular weight is 857 g/mol. The number of H-pyrrole nitrogens is 2. The number of fused-ring (bicyclic) bond motifs is 2. The number of carbonyl (C=O) groups is 4. The molecule has 330 valence electrons. The number of likely N-dealkylation sites (tertiary alicyclic amines) is 2. The maximum Gasteiger partial charge on any atom is 0.407 e. The summed E-state index contributed by atoms with van der Waals surface area (Å²) in [7, 11) is 2.62. The van der Waals surface area contributed by atoms with E-state index in [1.807, 2.05) is 36.0 Å². The molecule has 0 unspecified atom stereocenters. The molecule has 4 amide bonds. The monoisotopic (exact) mass is 856 g/mol. The van der Waals surface area contributed by atoms with Crippen molar-refractivity contribution in [3.8, 4) is 33.6 Å². The van der Waals surface area contributed by atoms with Crippen LogP contribution in [0.25, 0.3) is 44.4 Å². The maximum absolute atomic E-state index is 14.2. The molecular weight excluding hydrogens is 801 g/mol. The number of piperidine rings is 1. The molecule has 7 atom stereocenters. The second kappa shape index (κ2) is 17.5. The normalized spacial score (nSPS) is 23.0. The number of benzene rings is 3. The van der Waals surface area contributed by atoms with Gasteiger partial charge in [-0.3, -0.25) is 9.59 Å². The van der Waals surface area contributed by atoms with Gasteiger partial charge in [-0.1, -0.05) is 69.3 Å². The third kappa shape index (κ3) is 8.50. The first kappa shape index (κ1) is 42.1. The van der Waals surface area contributed by atoms with E-state index in [1.165, 1.54) is 14.2 Å². The molecule has 3 saturated heterocycles. The van der Waals surface area contributed by atoms with Gasteiger partial charge in [0, 0.05) is 31.4 Å². The van der Waals surface area contributed by atoms with Crippen LogP contribution in [0.15, 0.2) is 73.1 Å². The van der Waals surface area contributed by atoms with Crippen molar-refractivity contribution in [3.63, 3.8) is 0 Å². The molecule has 9 rings (SSSR count). The van der Waals surface area contributed by atoms with Crippen LogP contribution in [0.2, 0.25) is 0 Å². The minimum atomic E-state index is -0.701. The standard InChI is InChI=1S/C48H56N8O7/c1-26(2)41(53-47(59)61-4)45(57)55-25-27(3)18-39(55)43-49-24-37(52-43)34-13-12-32-19-31(10-11-33(32)20-34)28-6-8-29(9-7-28)36-23-50-44(51-36)40-22-35-21-38(35)56(40)46(58)42(54-48(60)62-5)30-14-16-63-17-15-30/h6-13,19-20,23-24,26-27,30,35,38-42H,14-18,21-22,25H2,1-5H3,(H,49,52)(H,50,51)(H,53,59)(H,54,60)/t27-,35-,38-,39+,40+,41+,42+/m1/s1. The van der Waals surface area contributed by atoms with Gasteiger partial charge in [0.25, 0.3) is 0 Å². The van der Waals surface area contributed by atoms with Gasteiger partial charge >= 0.3 is 12.2 Å². The summed E-state index contributed by atoms with van der Waals surface area (Å²) in [6, 6.07) is 19.6. The molecule has 4 N–H and O–H groups in total.